The van der Waals surface area contributed by atoms with Gasteiger partial charge in [0.25, 0.3) is 0 Å². The number of benzene rings is 1. The van der Waals surface area contributed by atoms with E-state index in [9.17, 15) is 0 Å². The lowest BCUT2D eigenvalue weighted by Crippen LogP contribution is -2.06. The van der Waals surface area contributed by atoms with Gasteiger partial charge in [-0.1, -0.05) is 15.9 Å². The van der Waals surface area contributed by atoms with Crippen LogP contribution in [0.5, 0.6) is 0 Å². The molecule has 0 atom stereocenters. The molecular weight excluding hydrogens is 308 g/mol. The number of hydrogen-bond acceptors (Lipinski definition) is 4. The molecule has 0 radical (unpaired) electrons. The topological polar surface area (TPSA) is 74.5 Å². The highest BCUT2D eigenvalue weighted by Gasteiger charge is 2.09. The average Bonchev–Trinajstić information content (AvgIpc) is 2.89. The maximum absolute atomic E-state index is 5.96. The molecule has 0 fully saturated rings. The Balaban J connectivity index is 1.90. The van der Waals surface area contributed by atoms with Crippen molar-refractivity contribution in [2.45, 2.75) is 13.0 Å². The van der Waals surface area contributed by atoms with Crippen molar-refractivity contribution in [3.8, 4) is 0 Å². The van der Waals surface area contributed by atoms with E-state index in [2.05, 4.69) is 31.0 Å². The summed E-state index contributed by atoms with van der Waals surface area (Å²) in [5.41, 5.74) is 7.88. The number of anilines is 1. The molecule has 7 heteroatoms. The lowest BCUT2D eigenvalue weighted by Gasteiger charge is -2.04. The smallest absolute Gasteiger partial charge is 0.201 e. The molecule has 0 amide bonds. The molecule has 3 rings (SSSR count). The summed E-state index contributed by atoms with van der Waals surface area (Å²) >= 11 is 3.43. The largest absolute Gasteiger partial charge is 0.369 e. The number of nitrogens with zero attached hydrogens (tertiary/aromatic N) is 5. The molecule has 0 unspecified atom stereocenters. The van der Waals surface area contributed by atoms with E-state index >= 15 is 0 Å². The quantitative estimate of drug-likeness (QED) is 0.797. The predicted molar refractivity (Wildman–Crippen MR) is 76.6 cm³/mol. The second kappa shape index (κ2) is 4.65. The third-order valence-corrected chi connectivity index (χ3v) is 3.44. The second-order valence-electron chi connectivity index (χ2n) is 4.34. The van der Waals surface area contributed by atoms with Gasteiger partial charge < -0.3 is 10.3 Å². The predicted octanol–water partition coefficient (Wildman–Crippen LogP) is 1.75. The normalized spacial score (nSPS) is 11.3. The first-order valence-electron chi connectivity index (χ1n) is 5.89. The van der Waals surface area contributed by atoms with Gasteiger partial charge in [0.1, 0.15) is 6.33 Å². The van der Waals surface area contributed by atoms with E-state index in [0.717, 1.165) is 27.8 Å². The number of hydrogen-bond donors (Lipinski definition) is 1. The highest BCUT2D eigenvalue weighted by atomic mass is 79.9. The molecule has 19 heavy (non-hydrogen) atoms. The zero-order valence-corrected chi connectivity index (χ0v) is 12.0. The number of imidazole rings is 1. The van der Waals surface area contributed by atoms with Gasteiger partial charge in [0, 0.05) is 24.5 Å². The molecule has 0 aliphatic heterocycles. The van der Waals surface area contributed by atoms with Crippen LogP contribution in [0, 0.1) is 0 Å². The first kappa shape index (κ1) is 12.2. The summed E-state index contributed by atoms with van der Waals surface area (Å²) in [4.78, 5) is 8.56. The third-order valence-electron chi connectivity index (χ3n) is 2.95. The molecule has 0 saturated carbocycles. The van der Waals surface area contributed by atoms with Crippen LogP contribution in [0.15, 0.2) is 29.0 Å². The Kier molecular flexibility index (Phi) is 2.98. The van der Waals surface area contributed by atoms with Crippen LogP contribution in [0.25, 0.3) is 11.0 Å². The maximum Gasteiger partial charge on any atom is 0.201 e. The highest BCUT2D eigenvalue weighted by molar-refractivity contribution is 9.10. The van der Waals surface area contributed by atoms with Crippen LogP contribution in [0.1, 0.15) is 5.82 Å². The zero-order chi connectivity index (χ0) is 13.4. The number of halogens is 1. The van der Waals surface area contributed by atoms with Crippen LogP contribution in [0.2, 0.25) is 0 Å². The van der Waals surface area contributed by atoms with Crippen molar-refractivity contribution in [2.75, 3.05) is 5.73 Å². The number of aryl methyl sites for hydroxylation is 3. The van der Waals surface area contributed by atoms with E-state index in [-0.39, 0.29) is 0 Å². The Morgan fingerprint density at radius 1 is 1.37 bits per heavy atom. The van der Waals surface area contributed by atoms with Gasteiger partial charge in [0.2, 0.25) is 5.95 Å². The molecule has 0 aliphatic rings. The number of nitrogens with two attached hydrogens (primary N) is 1. The minimum absolute atomic E-state index is 0.518. The Morgan fingerprint density at radius 2 is 2.21 bits per heavy atom. The summed E-state index contributed by atoms with van der Waals surface area (Å²) < 4.78 is 4.68. The summed E-state index contributed by atoms with van der Waals surface area (Å²) in [5.74, 6) is 1.32. The molecular formula is C12H13BrN6. The van der Waals surface area contributed by atoms with Crippen molar-refractivity contribution in [3.63, 3.8) is 0 Å². The molecule has 2 aromatic heterocycles. The van der Waals surface area contributed by atoms with Crippen LogP contribution in [-0.2, 0) is 20.0 Å². The Bertz CT molecular complexity index is 729. The van der Waals surface area contributed by atoms with Crippen molar-refractivity contribution in [1.29, 1.82) is 0 Å². The van der Waals surface area contributed by atoms with E-state index < -0.39 is 0 Å². The molecule has 0 aliphatic carbocycles. The van der Waals surface area contributed by atoms with Gasteiger partial charge in [0.15, 0.2) is 5.82 Å². The third kappa shape index (κ3) is 2.33. The molecule has 6 nitrogen and oxygen atoms in total. The standard InChI is InChI=1S/C12H13BrN6/c1-18-7-15-11(17-18)4-5-19-10-3-2-8(13)6-9(10)16-12(19)14/h2-3,6-7H,4-5H2,1H3,(H2,14,16). The molecule has 0 saturated heterocycles. The van der Waals surface area contributed by atoms with E-state index in [0.29, 0.717) is 12.5 Å². The minimum Gasteiger partial charge on any atom is -0.369 e. The maximum atomic E-state index is 5.96. The van der Waals surface area contributed by atoms with Crippen LogP contribution < -0.4 is 5.73 Å². The van der Waals surface area contributed by atoms with Gasteiger partial charge in [-0.05, 0) is 18.2 Å². The van der Waals surface area contributed by atoms with Crippen molar-refractivity contribution < 1.29 is 0 Å². The highest BCUT2D eigenvalue weighted by Crippen LogP contribution is 2.22. The van der Waals surface area contributed by atoms with Crippen molar-refractivity contribution in [2.24, 2.45) is 7.05 Å². The lowest BCUT2D eigenvalue weighted by atomic mass is 10.3. The van der Waals surface area contributed by atoms with E-state index in [1.165, 1.54) is 0 Å². The van der Waals surface area contributed by atoms with Gasteiger partial charge >= 0.3 is 0 Å². The lowest BCUT2D eigenvalue weighted by molar-refractivity contribution is 0.677. The number of rotatable bonds is 3. The van der Waals surface area contributed by atoms with Crippen LogP contribution >= 0.6 is 15.9 Å². The molecule has 1 aromatic carbocycles. The van der Waals surface area contributed by atoms with Gasteiger partial charge in [-0.3, -0.25) is 4.68 Å². The van der Waals surface area contributed by atoms with Crippen LogP contribution in [-0.4, -0.2) is 24.3 Å². The molecule has 3 aromatic rings. The van der Waals surface area contributed by atoms with E-state index in [1.807, 2.05) is 29.8 Å². The molecule has 2 N–H and O–H groups in total. The molecule has 98 valence electrons. The first-order valence-corrected chi connectivity index (χ1v) is 6.68. The summed E-state index contributed by atoms with van der Waals surface area (Å²) in [5, 5.41) is 4.26. The minimum atomic E-state index is 0.518. The second-order valence-corrected chi connectivity index (χ2v) is 5.25. The van der Waals surface area contributed by atoms with E-state index in [4.69, 9.17) is 5.73 Å². The van der Waals surface area contributed by atoms with Crippen molar-refractivity contribution in [3.05, 3.63) is 34.8 Å². The van der Waals surface area contributed by atoms with Crippen LogP contribution in [0.4, 0.5) is 5.95 Å². The number of fused-ring (bicyclic) bond motifs is 1. The SMILES string of the molecule is Cn1cnc(CCn2c(N)nc3cc(Br)ccc32)n1. The fourth-order valence-corrected chi connectivity index (χ4v) is 2.42. The van der Waals surface area contributed by atoms with Gasteiger partial charge in [0.05, 0.1) is 11.0 Å². The van der Waals surface area contributed by atoms with Crippen LogP contribution in [0.3, 0.4) is 0 Å². The Hall–Kier alpha value is -1.89. The van der Waals surface area contributed by atoms with Gasteiger partial charge in [-0.2, -0.15) is 5.10 Å². The fourth-order valence-electron chi connectivity index (χ4n) is 2.07. The summed E-state index contributed by atoms with van der Waals surface area (Å²) in [6, 6.07) is 5.95. The summed E-state index contributed by atoms with van der Waals surface area (Å²) in [6.07, 6.45) is 2.42. The fraction of sp³-hybridized carbons (Fsp3) is 0.250. The molecule has 0 bridgehead atoms. The summed E-state index contributed by atoms with van der Waals surface area (Å²) in [7, 11) is 1.86. The number of nitrogen functional groups attached to an aromatic ring is 1. The van der Waals surface area contributed by atoms with Crippen molar-refractivity contribution >= 4 is 32.9 Å². The summed E-state index contributed by atoms with van der Waals surface area (Å²) in [6.45, 7) is 0.716. The Labute approximate surface area is 118 Å². The Morgan fingerprint density at radius 3 is 2.95 bits per heavy atom. The zero-order valence-electron chi connectivity index (χ0n) is 10.4. The molecule has 0 spiro atoms. The first-order chi connectivity index (χ1) is 9.13. The number of aromatic nitrogens is 5. The monoisotopic (exact) mass is 320 g/mol. The van der Waals surface area contributed by atoms with E-state index in [1.54, 1.807) is 11.0 Å². The van der Waals surface area contributed by atoms with Crippen molar-refractivity contribution in [1.82, 2.24) is 24.3 Å². The van der Waals surface area contributed by atoms with Gasteiger partial charge in [-0.15, -0.1) is 0 Å². The van der Waals surface area contributed by atoms with Gasteiger partial charge in [-0.25, -0.2) is 9.97 Å². The average molecular weight is 321 g/mol. The molecule has 2 heterocycles.